The first-order valence-corrected chi connectivity index (χ1v) is 14.0. The molecule has 0 unspecified atom stereocenters. The number of amides is 1. The number of para-hydroxylation sites is 1. The number of aromatic nitrogens is 1. The molecule has 1 N–H and O–H groups in total. The Balaban J connectivity index is 1.31. The number of hydrogen-bond donors (Lipinski definition) is 1. The number of rotatable bonds is 8. The van der Waals surface area contributed by atoms with Gasteiger partial charge in [-0.25, -0.2) is 18.1 Å². The van der Waals surface area contributed by atoms with Crippen LogP contribution < -0.4 is 14.4 Å². The highest BCUT2D eigenvalue weighted by Gasteiger charge is 2.27. The number of hydrogen-bond acceptors (Lipinski definition) is 8. The van der Waals surface area contributed by atoms with Gasteiger partial charge in [0.25, 0.3) is 5.91 Å². The van der Waals surface area contributed by atoms with Crippen molar-refractivity contribution in [1.82, 2.24) is 14.6 Å². The van der Waals surface area contributed by atoms with E-state index in [1.165, 1.54) is 11.6 Å². The molecule has 0 bridgehead atoms. The van der Waals surface area contributed by atoms with E-state index < -0.39 is 15.9 Å². The summed E-state index contributed by atoms with van der Waals surface area (Å²) in [5, 5.41) is 1.10. The van der Waals surface area contributed by atoms with E-state index in [0.717, 1.165) is 56.1 Å². The second-order valence-electron chi connectivity index (χ2n) is 8.67. The molecule has 2 fully saturated rings. The fourth-order valence-corrected chi connectivity index (χ4v) is 5.56. The first-order chi connectivity index (χ1) is 16.4. The van der Waals surface area contributed by atoms with Gasteiger partial charge in [-0.15, -0.1) is 11.3 Å². The predicted molar refractivity (Wildman–Crippen MR) is 134 cm³/mol. The molecule has 5 rings (SSSR count). The number of thiazole rings is 1. The second kappa shape index (κ2) is 9.52. The lowest BCUT2D eigenvalue weighted by Gasteiger charge is -2.36. The lowest BCUT2D eigenvalue weighted by molar-refractivity contribution is 0.0981. The maximum atomic E-state index is 12.8. The third-order valence-corrected chi connectivity index (χ3v) is 8.36. The standard InChI is InChI=1S/C24H28N4O4S2/c1-2-34(30,31)26-24(29)19-10-9-18(32-17-7-8-17)15-21(19)28-13-11-27(12-14-28)16-23-25-20-5-3-4-6-22(20)33-23/h3-6,9-10,15,17H,2,7-8,11-14,16H2,1H3,(H,26,29). The number of nitrogens with one attached hydrogen (secondary N) is 1. The number of carbonyl (C=O) groups excluding carboxylic acids is 1. The molecule has 10 heteroatoms. The van der Waals surface area contributed by atoms with E-state index in [1.807, 2.05) is 24.3 Å². The Kier molecular flexibility index (Phi) is 6.46. The molecule has 1 aliphatic carbocycles. The summed E-state index contributed by atoms with van der Waals surface area (Å²) < 4.78 is 33.3. The zero-order valence-electron chi connectivity index (χ0n) is 19.1. The molecule has 3 aromatic rings. The number of carbonyl (C=O) groups is 1. The monoisotopic (exact) mass is 500 g/mol. The van der Waals surface area contributed by atoms with Gasteiger partial charge in [0.05, 0.1) is 39.9 Å². The van der Waals surface area contributed by atoms with Crippen molar-refractivity contribution in [1.29, 1.82) is 0 Å². The molecule has 2 aromatic carbocycles. The van der Waals surface area contributed by atoms with Crippen LogP contribution in [0.25, 0.3) is 10.2 Å². The van der Waals surface area contributed by atoms with Crippen LogP contribution in [0.15, 0.2) is 42.5 Å². The maximum Gasteiger partial charge on any atom is 0.266 e. The van der Waals surface area contributed by atoms with Crippen molar-refractivity contribution in [2.75, 3.05) is 36.8 Å². The molecule has 0 spiro atoms. The highest BCUT2D eigenvalue weighted by Crippen LogP contribution is 2.32. The van der Waals surface area contributed by atoms with Gasteiger partial charge in [0.2, 0.25) is 10.0 Å². The molecular formula is C24H28N4O4S2. The van der Waals surface area contributed by atoms with Crippen molar-refractivity contribution in [2.24, 2.45) is 0 Å². The maximum absolute atomic E-state index is 12.8. The van der Waals surface area contributed by atoms with Crippen LogP contribution in [0.5, 0.6) is 5.75 Å². The Labute approximate surface area is 203 Å². The third kappa shape index (κ3) is 5.34. The quantitative estimate of drug-likeness (QED) is 0.508. The Hall–Kier alpha value is -2.69. The van der Waals surface area contributed by atoms with E-state index in [-0.39, 0.29) is 11.9 Å². The summed E-state index contributed by atoms with van der Waals surface area (Å²) in [6, 6.07) is 13.5. The molecule has 0 radical (unpaired) electrons. The molecular weight excluding hydrogens is 472 g/mol. The van der Waals surface area contributed by atoms with Gasteiger partial charge < -0.3 is 9.64 Å². The van der Waals surface area contributed by atoms with Gasteiger partial charge >= 0.3 is 0 Å². The predicted octanol–water partition coefficient (Wildman–Crippen LogP) is 3.24. The number of nitrogens with zero attached hydrogens (tertiary/aromatic N) is 3. The van der Waals surface area contributed by atoms with Crippen LogP contribution in [0.3, 0.4) is 0 Å². The second-order valence-corrected chi connectivity index (χ2v) is 11.8. The highest BCUT2D eigenvalue weighted by atomic mass is 32.2. The fraction of sp³-hybridized carbons (Fsp3) is 0.417. The highest BCUT2D eigenvalue weighted by molar-refractivity contribution is 7.90. The van der Waals surface area contributed by atoms with Crippen molar-refractivity contribution in [3.05, 3.63) is 53.0 Å². The van der Waals surface area contributed by atoms with Crippen LogP contribution in [0, 0.1) is 0 Å². The van der Waals surface area contributed by atoms with Gasteiger partial charge in [-0.2, -0.15) is 0 Å². The summed E-state index contributed by atoms with van der Waals surface area (Å²) in [6.45, 7) is 5.38. The van der Waals surface area contributed by atoms with Crippen molar-refractivity contribution < 1.29 is 17.9 Å². The van der Waals surface area contributed by atoms with E-state index in [2.05, 4.69) is 20.6 Å². The van der Waals surface area contributed by atoms with E-state index in [4.69, 9.17) is 9.72 Å². The molecule has 0 atom stereocenters. The molecule has 2 heterocycles. The van der Waals surface area contributed by atoms with Crippen molar-refractivity contribution in [3.8, 4) is 5.75 Å². The summed E-state index contributed by atoms with van der Waals surface area (Å²) >= 11 is 1.72. The Morgan fingerprint density at radius 1 is 1.15 bits per heavy atom. The van der Waals surface area contributed by atoms with Gasteiger partial charge in [0.1, 0.15) is 10.8 Å². The fourth-order valence-electron chi connectivity index (χ4n) is 4.01. The van der Waals surface area contributed by atoms with E-state index >= 15 is 0 Å². The molecule has 180 valence electrons. The van der Waals surface area contributed by atoms with Crippen LogP contribution in [0.2, 0.25) is 0 Å². The van der Waals surface area contributed by atoms with Crippen LogP contribution in [-0.4, -0.2) is 62.2 Å². The van der Waals surface area contributed by atoms with E-state index in [9.17, 15) is 13.2 Å². The van der Waals surface area contributed by atoms with E-state index in [0.29, 0.717) is 17.0 Å². The smallest absolute Gasteiger partial charge is 0.266 e. The first-order valence-electron chi connectivity index (χ1n) is 11.6. The van der Waals surface area contributed by atoms with Crippen LogP contribution in [-0.2, 0) is 16.6 Å². The zero-order valence-corrected chi connectivity index (χ0v) is 20.7. The van der Waals surface area contributed by atoms with Gasteiger partial charge in [-0.3, -0.25) is 9.69 Å². The Morgan fingerprint density at radius 2 is 1.91 bits per heavy atom. The van der Waals surface area contributed by atoms with Crippen molar-refractivity contribution >= 4 is 43.2 Å². The van der Waals surface area contributed by atoms with Crippen molar-refractivity contribution in [3.63, 3.8) is 0 Å². The Morgan fingerprint density at radius 3 is 2.62 bits per heavy atom. The molecule has 1 amide bonds. The minimum absolute atomic E-state index is 0.151. The molecule has 1 aliphatic heterocycles. The number of sulfonamides is 1. The van der Waals surface area contributed by atoms with Crippen LogP contribution >= 0.6 is 11.3 Å². The largest absolute Gasteiger partial charge is 0.490 e. The number of benzene rings is 2. The Bertz CT molecular complexity index is 1260. The summed E-state index contributed by atoms with van der Waals surface area (Å²) in [6.07, 6.45) is 2.31. The summed E-state index contributed by atoms with van der Waals surface area (Å²) in [4.78, 5) is 22.1. The number of ether oxygens (including phenoxy) is 1. The summed E-state index contributed by atoms with van der Waals surface area (Å²) in [7, 11) is -3.65. The minimum atomic E-state index is -3.65. The van der Waals surface area contributed by atoms with Crippen molar-refractivity contribution in [2.45, 2.75) is 32.4 Å². The first kappa shape index (κ1) is 23.1. The number of anilines is 1. The van der Waals surface area contributed by atoms with Crippen LogP contribution in [0.4, 0.5) is 5.69 Å². The van der Waals surface area contributed by atoms with Gasteiger partial charge in [0, 0.05) is 32.2 Å². The molecule has 1 aromatic heterocycles. The molecule has 1 saturated heterocycles. The minimum Gasteiger partial charge on any atom is -0.490 e. The van der Waals surface area contributed by atoms with Gasteiger partial charge in [-0.1, -0.05) is 12.1 Å². The summed E-state index contributed by atoms with van der Waals surface area (Å²) in [5.74, 6) is -0.0440. The van der Waals surface area contributed by atoms with Gasteiger partial charge in [-0.05, 0) is 44.0 Å². The number of fused-ring (bicyclic) bond motifs is 1. The molecule has 34 heavy (non-hydrogen) atoms. The topological polar surface area (TPSA) is 91.8 Å². The number of piperazine rings is 1. The lowest BCUT2D eigenvalue weighted by Crippen LogP contribution is -2.46. The molecule has 1 saturated carbocycles. The molecule has 8 nitrogen and oxygen atoms in total. The summed E-state index contributed by atoms with van der Waals surface area (Å²) in [5.41, 5.74) is 2.09. The average molecular weight is 501 g/mol. The normalized spacial score (nSPS) is 17.1. The lowest BCUT2D eigenvalue weighted by atomic mass is 10.1. The third-order valence-electron chi connectivity index (χ3n) is 6.08. The molecule has 2 aliphatic rings. The van der Waals surface area contributed by atoms with Gasteiger partial charge in [0.15, 0.2) is 0 Å². The SMILES string of the molecule is CCS(=O)(=O)NC(=O)c1ccc(OC2CC2)cc1N1CCN(Cc2nc3ccccc3s2)CC1. The zero-order chi connectivity index (χ0) is 23.7. The van der Waals surface area contributed by atoms with E-state index in [1.54, 1.807) is 23.5 Å². The average Bonchev–Trinajstić information content (AvgIpc) is 3.55. The van der Waals surface area contributed by atoms with Crippen LogP contribution in [0.1, 0.15) is 35.1 Å².